The third-order valence-corrected chi connectivity index (χ3v) is 2.55. The molecule has 0 spiro atoms. The smallest absolute Gasteiger partial charge is 0.158 e. The largest absolute Gasteiger partial charge is 0.374 e. The Hall–Kier alpha value is -0.870. The lowest BCUT2D eigenvalue weighted by Crippen LogP contribution is -2.14. The zero-order valence-electron chi connectivity index (χ0n) is 11.6. The van der Waals surface area contributed by atoms with E-state index >= 15 is 0 Å². The van der Waals surface area contributed by atoms with E-state index in [1.165, 1.54) is 0 Å². The quantitative estimate of drug-likeness (QED) is 0.805. The molecule has 0 aromatic carbocycles. The molecule has 4 nitrogen and oxygen atoms in total. The van der Waals surface area contributed by atoms with Gasteiger partial charge in [-0.3, -0.25) is 0 Å². The van der Waals surface area contributed by atoms with Gasteiger partial charge in [0.15, 0.2) is 5.82 Å². The Labute approximate surface area is 114 Å². The zero-order valence-corrected chi connectivity index (χ0v) is 12.3. The third kappa shape index (κ3) is 6.17. The Bertz CT molecular complexity index is 377. The molecular formula is C13H22ClN3O. The maximum absolute atomic E-state index is 5.95. The van der Waals surface area contributed by atoms with E-state index in [9.17, 15) is 0 Å². The third-order valence-electron chi connectivity index (χ3n) is 2.36. The van der Waals surface area contributed by atoms with Gasteiger partial charge in [-0.15, -0.1) is 0 Å². The Balaban J connectivity index is 2.57. The van der Waals surface area contributed by atoms with Crippen LogP contribution in [0.1, 0.15) is 39.9 Å². The van der Waals surface area contributed by atoms with Crippen molar-refractivity contribution in [2.24, 2.45) is 5.41 Å². The molecule has 0 saturated heterocycles. The zero-order chi connectivity index (χ0) is 13.6. The molecule has 0 radical (unpaired) electrons. The molecule has 0 saturated carbocycles. The predicted molar refractivity (Wildman–Crippen MR) is 74.9 cm³/mol. The minimum absolute atomic E-state index is 0.304. The summed E-state index contributed by atoms with van der Waals surface area (Å²) < 4.78 is 5.28. The van der Waals surface area contributed by atoms with Crippen molar-refractivity contribution in [2.45, 2.75) is 40.7 Å². The van der Waals surface area contributed by atoms with Crippen LogP contribution in [0.4, 0.5) is 5.82 Å². The summed E-state index contributed by atoms with van der Waals surface area (Å²) in [5, 5.41) is 3.71. The average molecular weight is 272 g/mol. The van der Waals surface area contributed by atoms with E-state index in [4.69, 9.17) is 16.3 Å². The number of aromatic nitrogens is 2. The van der Waals surface area contributed by atoms with Crippen LogP contribution >= 0.6 is 11.6 Å². The number of nitrogens with one attached hydrogen (secondary N) is 1. The molecule has 0 unspecified atom stereocenters. The lowest BCUT2D eigenvalue weighted by atomic mass is 9.92. The summed E-state index contributed by atoms with van der Waals surface area (Å²) in [4.78, 5) is 8.48. The molecule has 102 valence electrons. The second kappa shape index (κ2) is 6.90. The summed E-state index contributed by atoms with van der Waals surface area (Å²) in [6.07, 6.45) is 1.06. The van der Waals surface area contributed by atoms with Gasteiger partial charge in [0.25, 0.3) is 0 Å². The first-order chi connectivity index (χ1) is 8.40. The van der Waals surface area contributed by atoms with Crippen LogP contribution in [0, 0.1) is 5.41 Å². The molecule has 0 atom stereocenters. The predicted octanol–water partition coefficient (Wildman–Crippen LogP) is 3.51. The molecule has 0 aliphatic carbocycles. The first-order valence-electron chi connectivity index (χ1n) is 6.26. The van der Waals surface area contributed by atoms with Gasteiger partial charge >= 0.3 is 0 Å². The van der Waals surface area contributed by atoms with Crippen molar-refractivity contribution >= 4 is 17.4 Å². The Kier molecular flexibility index (Phi) is 5.82. The number of hydrogen-bond donors (Lipinski definition) is 1. The molecule has 1 rings (SSSR count). The number of anilines is 1. The van der Waals surface area contributed by atoms with Gasteiger partial charge in [-0.1, -0.05) is 32.4 Å². The summed E-state index contributed by atoms with van der Waals surface area (Å²) in [5.41, 5.74) is 0.304. The van der Waals surface area contributed by atoms with Crippen LogP contribution in [0.15, 0.2) is 6.07 Å². The van der Waals surface area contributed by atoms with Crippen LogP contribution in [0.2, 0.25) is 5.15 Å². The van der Waals surface area contributed by atoms with Crippen molar-refractivity contribution in [3.63, 3.8) is 0 Å². The topological polar surface area (TPSA) is 47.0 Å². The van der Waals surface area contributed by atoms with Gasteiger partial charge in [0.05, 0.1) is 0 Å². The van der Waals surface area contributed by atoms with E-state index in [1.54, 1.807) is 6.07 Å². The van der Waals surface area contributed by atoms with Crippen LogP contribution in [-0.4, -0.2) is 23.1 Å². The van der Waals surface area contributed by atoms with Crippen molar-refractivity contribution in [3.8, 4) is 0 Å². The van der Waals surface area contributed by atoms with Crippen LogP contribution in [0.25, 0.3) is 0 Å². The fourth-order valence-electron chi connectivity index (χ4n) is 1.38. The summed E-state index contributed by atoms with van der Waals surface area (Å²) in [7, 11) is 0. The molecule has 1 aromatic rings. The molecule has 1 heterocycles. The highest BCUT2D eigenvalue weighted by Crippen LogP contribution is 2.19. The lowest BCUT2D eigenvalue weighted by Gasteiger charge is -2.18. The number of hydrogen-bond acceptors (Lipinski definition) is 4. The van der Waals surface area contributed by atoms with E-state index < -0.39 is 0 Å². The van der Waals surface area contributed by atoms with Gasteiger partial charge in [0.2, 0.25) is 0 Å². The number of nitrogens with zero attached hydrogens (tertiary/aromatic N) is 2. The highest BCUT2D eigenvalue weighted by molar-refractivity contribution is 6.29. The Morgan fingerprint density at radius 3 is 2.67 bits per heavy atom. The summed E-state index contributed by atoms with van der Waals surface area (Å²) in [6, 6.07) is 1.74. The van der Waals surface area contributed by atoms with E-state index in [2.05, 4.69) is 36.1 Å². The standard InChI is InChI=1S/C13H22ClN3O/c1-5-18-9-12-16-10(14)8-11(17-12)15-7-6-13(2,3)4/h8H,5-7,9H2,1-4H3,(H,15,16,17). The first-order valence-corrected chi connectivity index (χ1v) is 6.63. The van der Waals surface area contributed by atoms with Gasteiger partial charge in [0.1, 0.15) is 17.6 Å². The van der Waals surface area contributed by atoms with Crippen molar-refractivity contribution in [1.29, 1.82) is 0 Å². The molecule has 0 fully saturated rings. The summed E-state index contributed by atoms with van der Waals surface area (Å²) in [5.74, 6) is 1.37. The number of halogens is 1. The SMILES string of the molecule is CCOCc1nc(Cl)cc(NCCC(C)(C)C)n1. The molecule has 18 heavy (non-hydrogen) atoms. The molecule has 0 amide bonds. The summed E-state index contributed by atoms with van der Waals surface area (Å²) in [6.45, 7) is 10.5. The van der Waals surface area contributed by atoms with Gasteiger partial charge in [-0.25, -0.2) is 9.97 Å². The molecule has 0 aliphatic heterocycles. The first kappa shape index (κ1) is 15.2. The van der Waals surface area contributed by atoms with E-state index in [0.29, 0.717) is 29.6 Å². The highest BCUT2D eigenvalue weighted by atomic mass is 35.5. The second-order valence-corrected chi connectivity index (χ2v) is 5.75. The molecule has 1 aromatic heterocycles. The van der Waals surface area contributed by atoms with E-state index in [1.807, 2.05) is 6.92 Å². The average Bonchev–Trinajstić information content (AvgIpc) is 2.24. The van der Waals surface area contributed by atoms with Crippen molar-refractivity contribution < 1.29 is 4.74 Å². The highest BCUT2D eigenvalue weighted by Gasteiger charge is 2.10. The molecular weight excluding hydrogens is 250 g/mol. The van der Waals surface area contributed by atoms with E-state index in [0.717, 1.165) is 18.8 Å². The van der Waals surface area contributed by atoms with Gasteiger partial charge < -0.3 is 10.1 Å². The maximum Gasteiger partial charge on any atom is 0.158 e. The fourth-order valence-corrected chi connectivity index (χ4v) is 1.58. The minimum atomic E-state index is 0.304. The van der Waals surface area contributed by atoms with Gasteiger partial charge in [-0.05, 0) is 18.8 Å². The Morgan fingerprint density at radius 1 is 1.33 bits per heavy atom. The molecule has 0 aliphatic rings. The Morgan fingerprint density at radius 2 is 2.06 bits per heavy atom. The van der Waals surface area contributed by atoms with E-state index in [-0.39, 0.29) is 0 Å². The van der Waals surface area contributed by atoms with Crippen LogP contribution < -0.4 is 5.32 Å². The number of rotatable bonds is 6. The molecule has 5 heteroatoms. The fraction of sp³-hybridized carbons (Fsp3) is 0.692. The monoisotopic (exact) mass is 271 g/mol. The van der Waals surface area contributed by atoms with Gasteiger partial charge in [0, 0.05) is 19.2 Å². The maximum atomic E-state index is 5.95. The molecule has 0 bridgehead atoms. The van der Waals surface area contributed by atoms with Gasteiger partial charge in [-0.2, -0.15) is 0 Å². The normalized spacial score (nSPS) is 11.6. The van der Waals surface area contributed by atoms with Crippen LogP contribution in [-0.2, 0) is 11.3 Å². The van der Waals surface area contributed by atoms with Crippen molar-refractivity contribution in [1.82, 2.24) is 9.97 Å². The van der Waals surface area contributed by atoms with Crippen molar-refractivity contribution in [3.05, 3.63) is 17.0 Å². The lowest BCUT2D eigenvalue weighted by molar-refractivity contribution is 0.128. The summed E-state index contributed by atoms with van der Waals surface area (Å²) >= 11 is 5.95. The van der Waals surface area contributed by atoms with Crippen LogP contribution in [0.3, 0.4) is 0 Å². The molecule has 1 N–H and O–H groups in total. The number of ether oxygens (including phenoxy) is 1. The second-order valence-electron chi connectivity index (χ2n) is 5.37. The minimum Gasteiger partial charge on any atom is -0.374 e. The van der Waals surface area contributed by atoms with Crippen molar-refractivity contribution in [2.75, 3.05) is 18.5 Å². The van der Waals surface area contributed by atoms with Crippen LogP contribution in [0.5, 0.6) is 0 Å².